The molecule has 0 saturated carbocycles. The second kappa shape index (κ2) is 32.4. The van der Waals surface area contributed by atoms with Crippen LogP contribution in [0, 0.1) is 11.3 Å². The van der Waals surface area contributed by atoms with Crippen LogP contribution in [0.2, 0.25) is 0 Å². The topological polar surface area (TPSA) is 255 Å². The number of carbonyl (C=O) groups is 5. The molecule has 20 nitrogen and oxygen atoms in total. The Morgan fingerprint density at radius 3 is 1.21 bits per heavy atom. The molecule has 5 heterocycles. The number of ether oxygens (including phenoxy) is 5. The van der Waals surface area contributed by atoms with Gasteiger partial charge in [0.1, 0.15) is 56.7 Å². The van der Waals surface area contributed by atoms with Crippen molar-refractivity contribution in [2.75, 3.05) is 51.2 Å². The summed E-state index contributed by atoms with van der Waals surface area (Å²) < 4.78 is 173. The number of aliphatic imine (C=N–C) groups is 2. The molecule has 0 bridgehead atoms. The first-order valence-electron chi connectivity index (χ1n) is 28.1. The average Bonchev–Trinajstić information content (AvgIpc) is 1.62. The number of nitrogens with zero attached hydrogens (tertiary/aromatic N) is 5. The number of amides is 5. The molecule has 5 aliphatic heterocycles. The quantitative estimate of drug-likeness (QED) is 0.0789. The Morgan fingerprint density at radius 1 is 0.598 bits per heavy atom. The van der Waals surface area contributed by atoms with E-state index in [-0.39, 0.29) is 74.2 Å². The molecule has 510 valence electrons. The van der Waals surface area contributed by atoms with Gasteiger partial charge in [-0.25, -0.2) is 9.59 Å². The molecule has 0 aliphatic carbocycles. The van der Waals surface area contributed by atoms with Gasteiger partial charge in [0.2, 0.25) is 0 Å². The summed E-state index contributed by atoms with van der Waals surface area (Å²) >= 11 is 9.53. The van der Waals surface area contributed by atoms with Crippen molar-refractivity contribution in [3.8, 4) is 23.3 Å². The van der Waals surface area contributed by atoms with Crippen molar-refractivity contribution < 1.29 is 105 Å². The van der Waals surface area contributed by atoms with Gasteiger partial charge in [-0.2, -0.15) is 57.9 Å². The Bertz CT molecular complexity index is 3060. The predicted molar refractivity (Wildman–Crippen MR) is 310 cm³/mol. The van der Waals surface area contributed by atoms with Crippen molar-refractivity contribution in [1.29, 1.82) is 5.26 Å². The van der Waals surface area contributed by atoms with Crippen LogP contribution in [0.5, 0.6) is 17.2 Å². The maximum Gasteiger partial charge on any atom is 0.461 e. The van der Waals surface area contributed by atoms with Crippen molar-refractivity contribution >= 4 is 64.8 Å². The number of aliphatic hydroxyl groups excluding tert-OH is 1. The zero-order valence-electron chi connectivity index (χ0n) is 50.6. The van der Waals surface area contributed by atoms with Crippen LogP contribution < -0.4 is 35.5 Å². The summed E-state index contributed by atoms with van der Waals surface area (Å²) in [5.41, 5.74) is -3.42. The third-order valence-electron chi connectivity index (χ3n) is 13.4. The number of halogens is 14. The molecule has 5 aliphatic rings. The van der Waals surface area contributed by atoms with Gasteiger partial charge >= 0.3 is 49.8 Å². The Morgan fingerprint density at radius 2 is 0.902 bits per heavy atom. The summed E-state index contributed by atoms with van der Waals surface area (Å²) in [6.07, 6.45) is -24.6. The molecular weight excluding hydrogens is 1300 g/mol. The van der Waals surface area contributed by atoms with E-state index in [4.69, 9.17) is 37.8 Å². The Balaban J connectivity index is 0.000000284. The highest BCUT2D eigenvalue weighted by atomic mass is 35.5. The minimum absolute atomic E-state index is 0.0249. The number of aliphatic hydroxyl groups is 1. The van der Waals surface area contributed by atoms with Crippen LogP contribution in [-0.4, -0.2) is 173 Å². The van der Waals surface area contributed by atoms with E-state index in [1.165, 1.54) is 34.1 Å². The van der Waals surface area contributed by atoms with Crippen molar-refractivity contribution in [3.05, 3.63) is 89.5 Å². The van der Waals surface area contributed by atoms with Crippen LogP contribution in [0.1, 0.15) is 108 Å². The van der Waals surface area contributed by atoms with E-state index in [2.05, 4.69) is 51.5 Å². The standard InChI is InChI=1S/2C20H23F4N3O4.C15H15F4N3O2.C2H6O.CH2Cl2/c1-18(2,3)31-17(29)27-10-8-19(9-11-27)16(28)25-14(26-19)12-4-6-13(7-5-12)30-20(23,24)15(21)22;1-18(2,3)31-17(29)27-10-8-19(12-25,9-11-27)26-15(28)13-4-6-14(7-5-13)30-20(23,24)16(21)22;16-12(17)15(18,19)24-10-3-1-9(2-4-10)11-21-13(23)14(22-11)5-7-20-8-6-14;1-2-3;2-1-3/h4-7,15H,8-11H2,1-3H3,(H,25,26,28);4-7,16H,8-11H2,1-3H3,(H,26,28);1-4,12,20H,5-8H2,(H,21,22,23);3H,2H2,1H3;1H2. The molecule has 3 aromatic rings. The van der Waals surface area contributed by atoms with Crippen LogP contribution in [0.25, 0.3) is 0 Å². The molecule has 34 heteroatoms. The van der Waals surface area contributed by atoms with Gasteiger partial charge in [-0.15, -0.1) is 23.2 Å². The first kappa shape index (κ1) is 77.0. The van der Waals surface area contributed by atoms with Gasteiger partial charge < -0.3 is 59.9 Å². The Labute approximate surface area is 531 Å². The summed E-state index contributed by atoms with van der Waals surface area (Å²) in [4.78, 5) is 73.6. The molecule has 0 radical (unpaired) electrons. The number of hydrogen-bond acceptors (Lipinski definition) is 15. The highest BCUT2D eigenvalue weighted by molar-refractivity contribution is 6.40. The summed E-state index contributed by atoms with van der Waals surface area (Å²) in [5.74, 6) is -1.97. The zero-order valence-corrected chi connectivity index (χ0v) is 52.1. The van der Waals surface area contributed by atoms with E-state index < -0.39 is 101 Å². The highest BCUT2D eigenvalue weighted by Gasteiger charge is 2.49. The number of piperidine rings is 3. The van der Waals surface area contributed by atoms with E-state index in [0.717, 1.165) is 48.5 Å². The molecule has 5 N–H and O–H groups in total. The Kier molecular flexibility index (Phi) is 27.1. The summed E-state index contributed by atoms with van der Waals surface area (Å²) in [7, 11) is 0. The first-order chi connectivity index (χ1) is 42.7. The number of amidine groups is 2. The number of nitrogens with one attached hydrogen (secondary N) is 4. The van der Waals surface area contributed by atoms with Gasteiger partial charge in [-0.05, 0) is 160 Å². The average molecular weight is 1370 g/mol. The van der Waals surface area contributed by atoms with Crippen molar-refractivity contribution in [2.24, 2.45) is 9.98 Å². The maximum atomic E-state index is 13.0. The number of carbonyl (C=O) groups excluding carboxylic acids is 5. The molecule has 0 aromatic heterocycles. The number of hydrogen-bond donors (Lipinski definition) is 5. The van der Waals surface area contributed by atoms with Crippen LogP contribution in [0.4, 0.5) is 62.3 Å². The van der Waals surface area contributed by atoms with Crippen molar-refractivity contribution in [2.45, 2.75) is 152 Å². The van der Waals surface area contributed by atoms with E-state index >= 15 is 0 Å². The van der Waals surface area contributed by atoms with E-state index in [1.54, 1.807) is 48.5 Å². The van der Waals surface area contributed by atoms with Crippen LogP contribution in [0.3, 0.4) is 0 Å². The number of rotatable bonds is 13. The van der Waals surface area contributed by atoms with Crippen LogP contribution in [-0.2, 0) is 19.1 Å². The summed E-state index contributed by atoms with van der Waals surface area (Å²) in [6.45, 7) is 14.8. The third kappa shape index (κ3) is 22.1. The zero-order chi connectivity index (χ0) is 69.3. The van der Waals surface area contributed by atoms with Gasteiger partial charge in [0.15, 0.2) is 0 Å². The molecule has 8 rings (SSSR count). The number of benzene rings is 3. The molecule has 0 unspecified atom stereocenters. The van der Waals surface area contributed by atoms with E-state index in [1.807, 2.05) is 0 Å². The smallest absolute Gasteiger partial charge is 0.444 e. The SMILES string of the molecule is CC(C)(C)OC(=O)N1CCC(C#N)(NC(=O)c2ccc(OC(F)(F)C(F)F)cc2)CC1.CC(C)(C)OC(=O)N1CCC2(CC1)N=C(c1ccc(OC(F)(F)C(F)F)cc1)NC2=O.CCO.ClCCl.O=C1NC(c2ccc(OC(F)(F)C(F)F)cc2)=NC12CCNCC2. The van der Waals surface area contributed by atoms with Crippen molar-refractivity contribution in [3.63, 3.8) is 0 Å². The predicted octanol–water partition coefficient (Wildman–Crippen LogP) is 10.9. The molecule has 3 saturated heterocycles. The molecular formula is C58H69Cl2F12N9O11. The highest BCUT2D eigenvalue weighted by Crippen LogP contribution is 2.35. The lowest BCUT2D eigenvalue weighted by Crippen LogP contribution is -2.55. The molecule has 0 atom stereocenters. The second-order valence-electron chi connectivity index (χ2n) is 22.6. The molecule has 3 aromatic carbocycles. The molecule has 92 heavy (non-hydrogen) atoms. The first-order valence-corrected chi connectivity index (χ1v) is 29.1. The third-order valence-corrected chi connectivity index (χ3v) is 13.4. The monoisotopic (exact) mass is 1370 g/mol. The fourth-order valence-corrected chi connectivity index (χ4v) is 8.80. The number of nitriles is 1. The second-order valence-corrected chi connectivity index (χ2v) is 23.4. The lowest BCUT2D eigenvalue weighted by molar-refractivity contribution is -0.253. The Hall–Kier alpha value is -7.50. The van der Waals surface area contributed by atoms with Gasteiger partial charge in [0.05, 0.1) is 11.4 Å². The maximum absolute atomic E-state index is 13.0. The fraction of sp³-hybridized carbons (Fsp3) is 0.552. The van der Waals surface area contributed by atoms with Gasteiger partial charge in [0, 0.05) is 62.3 Å². The minimum atomic E-state index is -4.66. The van der Waals surface area contributed by atoms with E-state index in [0.29, 0.717) is 55.7 Å². The number of likely N-dealkylation sites (tertiary alicyclic amines) is 2. The van der Waals surface area contributed by atoms with Crippen molar-refractivity contribution in [1.82, 2.24) is 31.1 Å². The molecule has 2 spiro atoms. The van der Waals surface area contributed by atoms with Crippen LogP contribution >= 0.6 is 23.2 Å². The van der Waals surface area contributed by atoms with Crippen LogP contribution in [0.15, 0.2) is 82.8 Å². The largest absolute Gasteiger partial charge is 0.461 e. The van der Waals surface area contributed by atoms with Gasteiger partial charge in [-0.1, -0.05) is 0 Å². The lowest BCUT2D eigenvalue weighted by atomic mass is 9.88. The van der Waals surface area contributed by atoms with E-state index in [9.17, 15) is 81.9 Å². The summed E-state index contributed by atoms with van der Waals surface area (Å²) in [5, 5.41) is 28.5. The number of alkyl halides is 14. The fourth-order valence-electron chi connectivity index (χ4n) is 8.80. The lowest BCUT2D eigenvalue weighted by Gasteiger charge is -2.38. The van der Waals surface area contributed by atoms with Gasteiger partial charge in [-0.3, -0.25) is 24.4 Å². The normalized spacial score (nSPS) is 17.5. The molecule has 3 fully saturated rings. The molecule has 5 amide bonds. The summed E-state index contributed by atoms with van der Waals surface area (Å²) in [6, 6.07) is 16.1. The minimum Gasteiger partial charge on any atom is -0.444 e. The van der Waals surface area contributed by atoms with Gasteiger partial charge in [0.25, 0.3) is 17.7 Å².